The molecule has 0 unspecified atom stereocenters. The van der Waals surface area contributed by atoms with Crippen molar-refractivity contribution in [2.24, 2.45) is 5.10 Å². The Hall–Kier alpha value is -2.12. The third-order valence-corrected chi connectivity index (χ3v) is 3.85. The number of pyridine rings is 1. The molecule has 0 spiro atoms. The van der Waals surface area contributed by atoms with Crippen molar-refractivity contribution in [3.05, 3.63) is 51.2 Å². The van der Waals surface area contributed by atoms with Gasteiger partial charge in [-0.15, -0.1) is 0 Å². The summed E-state index contributed by atoms with van der Waals surface area (Å²) in [6.45, 7) is 0.193. The molecular weight excluding hydrogens is 374 g/mol. The van der Waals surface area contributed by atoms with Gasteiger partial charge in [0.1, 0.15) is 5.15 Å². The molecule has 0 atom stereocenters. The predicted octanol–water partition coefficient (Wildman–Crippen LogP) is 2.99. The van der Waals surface area contributed by atoms with Gasteiger partial charge >= 0.3 is 0 Å². The van der Waals surface area contributed by atoms with E-state index in [9.17, 15) is 4.79 Å². The number of carbonyl (C=O) groups is 1. The molecule has 1 aliphatic rings. The monoisotopic (exact) mass is 381 g/mol. The minimum absolute atomic E-state index is 0.125. The van der Waals surface area contributed by atoms with Crippen LogP contribution in [0.5, 0.6) is 11.5 Å². The average Bonchev–Trinajstić information content (AvgIpc) is 2.94. The van der Waals surface area contributed by atoms with Crippen LogP contribution in [0.15, 0.2) is 40.0 Å². The van der Waals surface area contributed by atoms with Gasteiger partial charge in [0, 0.05) is 16.2 Å². The number of aromatic nitrogens is 1. The molecule has 0 saturated heterocycles. The zero-order valence-corrected chi connectivity index (χ0v) is 13.4. The number of hydrogen-bond acceptors (Lipinski definition) is 5. The van der Waals surface area contributed by atoms with E-state index < -0.39 is 5.91 Å². The number of hydrogen-bond donors (Lipinski definition) is 1. The first-order valence-electron chi connectivity index (χ1n) is 6.18. The predicted molar refractivity (Wildman–Crippen MR) is 84.6 cm³/mol. The number of amides is 1. The van der Waals surface area contributed by atoms with Gasteiger partial charge < -0.3 is 9.47 Å². The van der Waals surface area contributed by atoms with Crippen LogP contribution in [0.4, 0.5) is 0 Å². The van der Waals surface area contributed by atoms with Gasteiger partial charge in [0.05, 0.1) is 11.8 Å². The Morgan fingerprint density at radius 2 is 2.18 bits per heavy atom. The van der Waals surface area contributed by atoms with E-state index in [1.165, 1.54) is 12.4 Å². The van der Waals surface area contributed by atoms with Crippen molar-refractivity contribution >= 4 is 39.7 Å². The maximum atomic E-state index is 11.9. The van der Waals surface area contributed by atoms with Crippen molar-refractivity contribution in [2.45, 2.75) is 0 Å². The summed E-state index contributed by atoms with van der Waals surface area (Å²) in [4.78, 5) is 15.8. The van der Waals surface area contributed by atoms with E-state index in [1.54, 1.807) is 24.3 Å². The maximum Gasteiger partial charge on any atom is 0.274 e. The lowest BCUT2D eigenvalue weighted by atomic mass is 10.2. The standard InChI is InChI=1S/C14H9BrClN3O3/c15-10-5-12-11(21-7-22-12)4-8(10)6-18-19-14(20)9-2-1-3-17-13(9)16/h1-6H,7H2,(H,19,20). The third kappa shape index (κ3) is 3.05. The Morgan fingerprint density at radius 1 is 1.41 bits per heavy atom. The van der Waals surface area contributed by atoms with Gasteiger partial charge in [-0.25, -0.2) is 10.4 Å². The van der Waals surface area contributed by atoms with E-state index in [1.807, 2.05) is 0 Å². The third-order valence-electron chi connectivity index (χ3n) is 2.87. The minimum Gasteiger partial charge on any atom is -0.454 e. The first-order valence-corrected chi connectivity index (χ1v) is 7.35. The van der Waals surface area contributed by atoms with Crippen LogP contribution in [0.25, 0.3) is 0 Å². The highest BCUT2D eigenvalue weighted by Crippen LogP contribution is 2.36. The molecule has 1 amide bonds. The van der Waals surface area contributed by atoms with Gasteiger partial charge in [0.2, 0.25) is 6.79 Å². The molecule has 1 aromatic carbocycles. The Morgan fingerprint density at radius 3 is 2.95 bits per heavy atom. The number of nitrogens with zero attached hydrogens (tertiary/aromatic N) is 2. The molecule has 0 fully saturated rings. The number of rotatable bonds is 3. The average molecular weight is 383 g/mol. The number of carbonyl (C=O) groups excluding carboxylic acids is 1. The van der Waals surface area contributed by atoms with E-state index in [0.29, 0.717) is 11.5 Å². The zero-order chi connectivity index (χ0) is 15.5. The maximum absolute atomic E-state index is 11.9. The molecule has 0 radical (unpaired) electrons. The fraction of sp³-hybridized carbons (Fsp3) is 0.0714. The topological polar surface area (TPSA) is 72.8 Å². The molecule has 0 bridgehead atoms. The number of ether oxygens (including phenoxy) is 2. The molecule has 0 aliphatic carbocycles. The highest BCUT2D eigenvalue weighted by atomic mass is 79.9. The van der Waals surface area contributed by atoms with Crippen LogP contribution in [-0.2, 0) is 0 Å². The second-order valence-electron chi connectivity index (χ2n) is 4.27. The summed E-state index contributed by atoms with van der Waals surface area (Å²) >= 11 is 9.25. The van der Waals surface area contributed by atoms with Crippen molar-refractivity contribution < 1.29 is 14.3 Å². The van der Waals surface area contributed by atoms with Gasteiger partial charge in [-0.05, 0) is 40.2 Å². The lowest BCUT2D eigenvalue weighted by molar-refractivity contribution is 0.0955. The summed E-state index contributed by atoms with van der Waals surface area (Å²) < 4.78 is 11.3. The van der Waals surface area contributed by atoms with Crippen LogP contribution < -0.4 is 14.9 Å². The number of nitrogens with one attached hydrogen (secondary N) is 1. The van der Waals surface area contributed by atoms with Crippen LogP contribution in [0, 0.1) is 0 Å². The van der Waals surface area contributed by atoms with Gasteiger partial charge in [0.25, 0.3) is 5.91 Å². The lowest BCUT2D eigenvalue weighted by Gasteiger charge is -2.03. The van der Waals surface area contributed by atoms with E-state index in [2.05, 4.69) is 31.4 Å². The number of benzene rings is 1. The fourth-order valence-corrected chi connectivity index (χ4v) is 2.44. The molecule has 22 heavy (non-hydrogen) atoms. The first kappa shape index (κ1) is 14.8. The molecule has 1 aliphatic heterocycles. The van der Waals surface area contributed by atoms with Gasteiger partial charge in [-0.1, -0.05) is 11.6 Å². The summed E-state index contributed by atoms with van der Waals surface area (Å²) in [5.41, 5.74) is 3.39. The second kappa shape index (κ2) is 6.33. The Kier molecular flexibility index (Phi) is 4.26. The van der Waals surface area contributed by atoms with Crippen LogP contribution in [0.3, 0.4) is 0 Å². The molecule has 1 aromatic heterocycles. The van der Waals surface area contributed by atoms with Gasteiger partial charge in [-0.2, -0.15) is 5.10 Å². The van der Waals surface area contributed by atoms with Crippen molar-refractivity contribution in [1.29, 1.82) is 0 Å². The molecule has 1 N–H and O–H groups in total. The summed E-state index contributed by atoms with van der Waals surface area (Å²) in [5.74, 6) is 0.854. The van der Waals surface area contributed by atoms with Crippen LogP contribution in [0.2, 0.25) is 5.15 Å². The first-order chi connectivity index (χ1) is 10.6. The van der Waals surface area contributed by atoms with Crippen molar-refractivity contribution in [1.82, 2.24) is 10.4 Å². The Labute approximate surface area is 139 Å². The molecule has 3 rings (SSSR count). The van der Waals surface area contributed by atoms with Crippen LogP contribution in [0.1, 0.15) is 15.9 Å². The molecule has 2 aromatic rings. The second-order valence-corrected chi connectivity index (χ2v) is 5.48. The van der Waals surface area contributed by atoms with Crippen LogP contribution >= 0.6 is 27.5 Å². The van der Waals surface area contributed by atoms with Crippen molar-refractivity contribution in [3.63, 3.8) is 0 Å². The zero-order valence-electron chi connectivity index (χ0n) is 11.0. The largest absolute Gasteiger partial charge is 0.454 e. The number of halogens is 2. The molecule has 112 valence electrons. The molecular formula is C14H9BrClN3O3. The van der Waals surface area contributed by atoms with E-state index >= 15 is 0 Å². The summed E-state index contributed by atoms with van der Waals surface area (Å²) in [6, 6.07) is 6.73. The highest BCUT2D eigenvalue weighted by molar-refractivity contribution is 9.10. The summed E-state index contributed by atoms with van der Waals surface area (Å²) in [6.07, 6.45) is 3.00. The lowest BCUT2D eigenvalue weighted by Crippen LogP contribution is -2.18. The van der Waals surface area contributed by atoms with Crippen molar-refractivity contribution in [3.8, 4) is 11.5 Å². The molecule has 0 saturated carbocycles. The quantitative estimate of drug-likeness (QED) is 0.503. The SMILES string of the molecule is O=C(NN=Cc1cc2c(cc1Br)OCO2)c1cccnc1Cl. The molecule has 6 nitrogen and oxygen atoms in total. The van der Waals surface area contributed by atoms with E-state index in [-0.39, 0.29) is 17.5 Å². The minimum atomic E-state index is -0.439. The normalized spacial score (nSPS) is 12.6. The number of fused-ring (bicyclic) bond motifs is 1. The van der Waals surface area contributed by atoms with Crippen LogP contribution in [-0.4, -0.2) is 23.9 Å². The summed E-state index contributed by atoms with van der Waals surface area (Å²) in [7, 11) is 0. The fourth-order valence-electron chi connectivity index (χ4n) is 1.81. The van der Waals surface area contributed by atoms with Crippen molar-refractivity contribution in [2.75, 3.05) is 6.79 Å². The van der Waals surface area contributed by atoms with E-state index in [0.717, 1.165) is 10.0 Å². The van der Waals surface area contributed by atoms with E-state index in [4.69, 9.17) is 21.1 Å². The highest BCUT2D eigenvalue weighted by Gasteiger charge is 2.15. The van der Waals surface area contributed by atoms with Gasteiger partial charge in [0.15, 0.2) is 11.5 Å². The number of hydrazone groups is 1. The summed E-state index contributed by atoms with van der Waals surface area (Å²) in [5, 5.41) is 4.03. The van der Waals surface area contributed by atoms with Gasteiger partial charge in [-0.3, -0.25) is 4.79 Å². The smallest absolute Gasteiger partial charge is 0.274 e. The molecule has 2 heterocycles. The molecule has 8 heteroatoms. The Bertz CT molecular complexity index is 767. The Balaban J connectivity index is 1.73.